The first kappa shape index (κ1) is 49.5. The Bertz CT molecular complexity index is 3030. The van der Waals surface area contributed by atoms with Crippen LogP contribution in [0.15, 0.2) is 174 Å². The minimum Gasteiger partial charge on any atom is -0.448 e. The fourth-order valence-corrected chi connectivity index (χ4v) is 12.0. The Labute approximate surface area is 433 Å². The number of rotatable bonds is 16. The quantitative estimate of drug-likeness (QED) is 0.0178. The first-order valence-electron chi connectivity index (χ1n) is 22.5. The number of benzene rings is 5. The smallest absolute Gasteiger partial charge is 0.413 e. The Morgan fingerprint density at radius 3 is 1.89 bits per heavy atom. The number of ether oxygens (including phenoxy) is 2. The van der Waals surface area contributed by atoms with E-state index in [0.717, 1.165) is 23.1 Å². The van der Waals surface area contributed by atoms with Crippen LogP contribution < -0.4 is 10.6 Å². The first-order valence-corrected chi connectivity index (χ1v) is 25.8. The highest BCUT2D eigenvalue weighted by Crippen LogP contribution is 2.53. The van der Waals surface area contributed by atoms with Crippen molar-refractivity contribution in [3.05, 3.63) is 208 Å². The third-order valence-electron chi connectivity index (χ3n) is 11.6. The van der Waals surface area contributed by atoms with E-state index >= 15 is 9.59 Å². The molecule has 2 aliphatic rings. The van der Waals surface area contributed by atoms with Crippen molar-refractivity contribution in [1.29, 1.82) is 0 Å². The van der Waals surface area contributed by atoms with Gasteiger partial charge in [0.25, 0.3) is 11.8 Å². The lowest BCUT2D eigenvalue weighted by Gasteiger charge is -2.56. The molecule has 2 aliphatic heterocycles. The molecule has 7 aromatic rings. The summed E-state index contributed by atoms with van der Waals surface area (Å²) in [4.78, 5) is 69.4. The van der Waals surface area contributed by atoms with Crippen LogP contribution in [0.4, 0.5) is 9.93 Å². The molecule has 3 amide bonds. The Morgan fingerprint density at radius 1 is 0.847 bits per heavy atom. The summed E-state index contributed by atoms with van der Waals surface area (Å²) in [5, 5.41) is 19.2. The maximum atomic E-state index is 15.3. The van der Waals surface area contributed by atoms with Crippen LogP contribution in [0, 0.1) is 0 Å². The number of carbonyl (C=O) groups is 4. The lowest BCUT2D eigenvalue weighted by Crippen LogP contribution is -2.78. The first-order chi connectivity index (χ1) is 34.8. The minimum atomic E-state index is -1.78. The summed E-state index contributed by atoms with van der Waals surface area (Å²) in [5.41, 5.74) is 1.87. The number of aryl methyl sites for hydroxylation is 1. The van der Waals surface area contributed by atoms with Crippen LogP contribution >= 0.6 is 47.1 Å². The summed E-state index contributed by atoms with van der Waals surface area (Å²) in [5.74, 6) is -2.13. The van der Waals surface area contributed by atoms with E-state index in [0.29, 0.717) is 39.1 Å². The monoisotopic (exact) mass is 1030 g/mol. The van der Waals surface area contributed by atoms with Gasteiger partial charge in [-0.15, -0.1) is 28.2 Å². The number of thiocarbonyl (C=S) groups is 1. The van der Waals surface area contributed by atoms with Gasteiger partial charge >= 0.3 is 12.1 Å². The summed E-state index contributed by atoms with van der Waals surface area (Å²) in [6, 6.07) is 47.0. The molecule has 1 fully saturated rings. The third kappa shape index (κ3) is 9.92. The average molecular weight is 1040 g/mol. The van der Waals surface area contributed by atoms with Gasteiger partial charge in [-0.1, -0.05) is 186 Å². The van der Waals surface area contributed by atoms with Gasteiger partial charge in [0, 0.05) is 45.1 Å². The van der Waals surface area contributed by atoms with Crippen molar-refractivity contribution in [1.82, 2.24) is 30.2 Å². The Kier molecular flexibility index (Phi) is 14.5. The normalized spacial score (nSPS) is 16.8. The van der Waals surface area contributed by atoms with E-state index in [1.807, 2.05) is 152 Å². The van der Waals surface area contributed by atoms with Gasteiger partial charge in [-0.25, -0.2) is 19.3 Å². The number of aromatic nitrogens is 4. The van der Waals surface area contributed by atoms with Crippen molar-refractivity contribution in [3.8, 4) is 0 Å². The number of carbonyl (C=O) groups excluding carboxylic acids is 4. The zero-order valence-corrected chi connectivity index (χ0v) is 42.5. The average Bonchev–Trinajstić information content (AvgIpc) is 4.05. The fraction of sp³-hybridized carbons (Fsp3) is 0.189. The van der Waals surface area contributed by atoms with Gasteiger partial charge in [-0.3, -0.25) is 19.8 Å². The molecular formula is C53H46N8O7S4. The maximum absolute atomic E-state index is 15.3. The molecule has 0 saturated carbocycles. The predicted octanol–water partition coefficient (Wildman–Crippen LogP) is 9.49. The minimum absolute atomic E-state index is 0.0112. The number of hydrogen-bond donors (Lipinski definition) is 2. The fourth-order valence-electron chi connectivity index (χ4n) is 8.40. The molecule has 0 unspecified atom stereocenters. The van der Waals surface area contributed by atoms with Crippen LogP contribution in [0.3, 0.4) is 0 Å². The molecule has 0 radical (unpaired) electrons. The van der Waals surface area contributed by atoms with Crippen LogP contribution in [0.1, 0.15) is 66.1 Å². The van der Waals surface area contributed by atoms with Crippen molar-refractivity contribution < 1.29 is 33.5 Å². The zero-order valence-electron chi connectivity index (χ0n) is 39.2. The second kappa shape index (κ2) is 21.1. The Balaban J connectivity index is 1.12. The number of nitrogens with one attached hydrogen (secondary N) is 2. The van der Waals surface area contributed by atoms with Gasteiger partial charge in [0.2, 0.25) is 10.5 Å². The highest BCUT2D eigenvalue weighted by atomic mass is 32.2. The number of nitrogens with zero attached hydrogens (tertiary/aromatic N) is 6. The van der Waals surface area contributed by atoms with E-state index in [4.69, 9.17) is 31.7 Å². The van der Waals surface area contributed by atoms with Crippen LogP contribution in [-0.4, -0.2) is 80.8 Å². The Morgan fingerprint density at radius 2 is 1.39 bits per heavy atom. The number of thioether (sulfide) groups is 2. The van der Waals surface area contributed by atoms with Gasteiger partial charge in [0.05, 0.1) is 11.9 Å². The lowest BCUT2D eigenvalue weighted by molar-refractivity contribution is -0.155. The summed E-state index contributed by atoms with van der Waals surface area (Å²) in [6.45, 7) is 5.20. The van der Waals surface area contributed by atoms with Crippen LogP contribution in [0.5, 0.6) is 0 Å². The molecule has 1 saturated heterocycles. The summed E-state index contributed by atoms with van der Waals surface area (Å²) in [6.07, 6.45) is -0.0837. The number of β-lactam (4-membered cyclic amide) rings is 1. The number of esters is 1. The molecule has 364 valence electrons. The topological polar surface area (TPSA) is 179 Å². The number of amides is 3. The predicted molar refractivity (Wildman–Crippen MR) is 283 cm³/mol. The van der Waals surface area contributed by atoms with Crippen molar-refractivity contribution in [3.63, 3.8) is 0 Å². The molecule has 9 rings (SSSR count). The summed E-state index contributed by atoms with van der Waals surface area (Å²) in [7, 11) is 1.69. The lowest BCUT2D eigenvalue weighted by atomic mass is 9.80. The van der Waals surface area contributed by atoms with E-state index in [-0.39, 0.29) is 28.0 Å². The van der Waals surface area contributed by atoms with E-state index in [1.54, 1.807) is 27.8 Å². The van der Waals surface area contributed by atoms with Gasteiger partial charge in [-0.05, 0) is 31.9 Å². The van der Waals surface area contributed by atoms with E-state index in [2.05, 4.69) is 25.9 Å². The third-order valence-corrected chi connectivity index (χ3v) is 15.1. The number of anilines is 1. The molecule has 0 spiro atoms. The van der Waals surface area contributed by atoms with Crippen LogP contribution in [0.2, 0.25) is 0 Å². The molecule has 5 aromatic carbocycles. The van der Waals surface area contributed by atoms with Gasteiger partial charge in [0.1, 0.15) is 22.4 Å². The zero-order chi connectivity index (χ0) is 50.5. The number of thiazole rings is 1. The van der Waals surface area contributed by atoms with Gasteiger partial charge in [-0.2, -0.15) is 0 Å². The summed E-state index contributed by atoms with van der Waals surface area (Å²) < 4.78 is 14.7. The van der Waals surface area contributed by atoms with Crippen molar-refractivity contribution in [2.24, 2.45) is 12.2 Å². The van der Waals surface area contributed by atoms with Crippen molar-refractivity contribution >= 4 is 92.1 Å². The summed E-state index contributed by atoms with van der Waals surface area (Å²) >= 11 is 8.67. The van der Waals surface area contributed by atoms with Crippen LogP contribution in [-0.2, 0) is 41.3 Å². The standard InChI is InChI=1S/C53H46N8O7S4/c1-51(2,3)67-50(65)56-49-55-40(32-71-49)42(58-68-52(36-24-14-7-15-25-36,37-26-16-8-17-27-37)38-28-18-9-19-29-38)45(62)57-53(72-33-69)47(64)61-43(39(31-70-48(53)61)41-30-54-59-60(41)4)46(63)66-44(34-20-10-5-11-21-34)35-22-12-6-13-23-35/h5-30,32-33,44,48H,31H2,1-4H3,(H,57,62)(H,55,56,65)/b58-42-/t48-,53-/m0/s1. The highest BCUT2D eigenvalue weighted by Gasteiger charge is 2.66. The molecule has 72 heavy (non-hydrogen) atoms. The molecule has 2 N–H and O–H groups in total. The molecule has 0 aliphatic carbocycles. The van der Waals surface area contributed by atoms with Crippen LogP contribution in [0.25, 0.3) is 5.57 Å². The molecule has 19 heteroatoms. The molecule has 4 heterocycles. The highest BCUT2D eigenvalue weighted by molar-refractivity contribution is 8.22. The molecule has 2 atom stereocenters. The second-order valence-corrected chi connectivity index (χ2v) is 21.0. The van der Waals surface area contributed by atoms with Crippen molar-refractivity contribution in [2.45, 2.75) is 48.3 Å². The molecular weight excluding hydrogens is 989 g/mol. The van der Waals surface area contributed by atoms with E-state index < -0.39 is 51.4 Å². The number of hydrogen-bond acceptors (Lipinski definition) is 15. The van der Waals surface area contributed by atoms with Crippen molar-refractivity contribution in [2.75, 3.05) is 11.1 Å². The largest absolute Gasteiger partial charge is 0.448 e. The van der Waals surface area contributed by atoms with Gasteiger partial charge < -0.3 is 19.6 Å². The molecule has 2 aromatic heterocycles. The maximum Gasteiger partial charge on any atom is 0.413 e. The Hall–Kier alpha value is -7.45. The van der Waals surface area contributed by atoms with Gasteiger partial charge in [0.15, 0.2) is 16.9 Å². The SMILES string of the molecule is Cn1nncc1C1=C(C(=O)OC(c2ccccc2)c2ccccc2)N2C(=O)[C@](NC(=O)/C(=N\OC(c3ccccc3)(c3ccccc3)c3ccccc3)c3csc(NC(=O)OC(C)(C)C)n3)(SC=S)[C@@H]2SC1. The number of oxime groups is 1. The molecule has 0 bridgehead atoms. The van der Waals surface area contributed by atoms with E-state index in [9.17, 15) is 9.59 Å². The van der Waals surface area contributed by atoms with E-state index in [1.165, 1.54) is 37.6 Å². The number of fused-ring (bicyclic) bond motifs is 1. The second-order valence-electron chi connectivity index (χ2n) is 17.4. The molecule has 15 nitrogen and oxygen atoms in total.